The molecule has 11 nitrogen and oxygen atoms in total. The van der Waals surface area contributed by atoms with Crippen LogP contribution in [0.5, 0.6) is 5.75 Å². The predicted octanol–water partition coefficient (Wildman–Crippen LogP) is 5.51. The van der Waals surface area contributed by atoms with Crippen LogP contribution in [0, 0.1) is 11.6 Å². The van der Waals surface area contributed by atoms with Crippen LogP contribution in [0.25, 0.3) is 0 Å². The fraction of sp³-hybridized carbons (Fsp3) is 0.457. The topological polar surface area (TPSA) is 98.3 Å². The number of nitrogens with one attached hydrogen (secondary N) is 2. The molecule has 1 atom stereocenters. The lowest BCUT2D eigenvalue weighted by atomic mass is 10.0. The molecule has 1 amide bonds. The predicted molar refractivity (Wildman–Crippen MR) is 183 cm³/mol. The van der Waals surface area contributed by atoms with Gasteiger partial charge in [-0.3, -0.25) is 19.4 Å². The first kappa shape index (κ1) is 33.6. The first-order chi connectivity index (χ1) is 23.2. The molecule has 0 saturated carbocycles. The van der Waals surface area contributed by atoms with Gasteiger partial charge in [0.05, 0.1) is 36.8 Å². The summed E-state index contributed by atoms with van der Waals surface area (Å²) in [6.45, 7) is 14.6. The minimum atomic E-state index is -0.643. The van der Waals surface area contributed by atoms with Gasteiger partial charge >= 0.3 is 0 Å². The summed E-state index contributed by atoms with van der Waals surface area (Å²) in [7, 11) is 1.60. The number of halogens is 2. The molecule has 0 spiro atoms. The third-order valence-corrected chi connectivity index (χ3v) is 9.53. The third-order valence-electron chi connectivity index (χ3n) is 9.53. The minimum Gasteiger partial charge on any atom is -0.494 e. The number of hydrogen-bond acceptors (Lipinski definition) is 10. The zero-order valence-electron chi connectivity index (χ0n) is 27.8. The van der Waals surface area contributed by atoms with E-state index in [0.29, 0.717) is 59.4 Å². The van der Waals surface area contributed by atoms with Gasteiger partial charge < -0.3 is 20.3 Å². The molecular formula is C35H44F2N8O3. The van der Waals surface area contributed by atoms with Gasteiger partial charge in [0.1, 0.15) is 29.5 Å². The first-order valence-electron chi connectivity index (χ1n) is 16.6. The molecule has 1 aromatic heterocycles. The van der Waals surface area contributed by atoms with Gasteiger partial charge in [-0.25, -0.2) is 23.8 Å². The average molecular weight is 663 g/mol. The van der Waals surface area contributed by atoms with Crippen LogP contribution < -0.4 is 25.3 Å². The van der Waals surface area contributed by atoms with Crippen molar-refractivity contribution in [3.63, 3.8) is 0 Å². The number of carbonyl (C=O) groups excluding carboxylic acids is 1. The maximum atomic E-state index is 14.7. The van der Waals surface area contributed by atoms with E-state index in [2.05, 4.69) is 55.7 Å². The molecule has 13 heteroatoms. The molecule has 2 aromatic carbocycles. The Morgan fingerprint density at radius 2 is 1.79 bits per heavy atom. The Labute approximate surface area is 280 Å². The molecule has 4 heterocycles. The van der Waals surface area contributed by atoms with E-state index < -0.39 is 17.7 Å². The molecule has 0 bridgehead atoms. The largest absolute Gasteiger partial charge is 0.494 e. The van der Waals surface area contributed by atoms with Crippen molar-refractivity contribution < 1.29 is 23.1 Å². The van der Waals surface area contributed by atoms with Gasteiger partial charge in [0.2, 0.25) is 5.91 Å². The van der Waals surface area contributed by atoms with Gasteiger partial charge in [0, 0.05) is 81.5 Å². The van der Waals surface area contributed by atoms with Crippen LogP contribution in [0.3, 0.4) is 0 Å². The molecule has 3 aliphatic heterocycles. The summed E-state index contributed by atoms with van der Waals surface area (Å²) in [5, 5.41) is 7.80. The average Bonchev–Trinajstić information content (AvgIpc) is 3.58. The van der Waals surface area contributed by atoms with E-state index in [0.717, 1.165) is 63.9 Å². The number of methoxy groups -OCH3 is 1. The van der Waals surface area contributed by atoms with Gasteiger partial charge in [-0.1, -0.05) is 12.6 Å². The molecule has 3 aliphatic rings. The van der Waals surface area contributed by atoms with Gasteiger partial charge in [-0.2, -0.15) is 0 Å². The number of ether oxygens (including phenoxy) is 1. The monoisotopic (exact) mass is 662 g/mol. The molecule has 3 fully saturated rings. The minimum absolute atomic E-state index is 0.319. The maximum Gasteiger partial charge on any atom is 0.247 e. The van der Waals surface area contributed by atoms with E-state index in [1.54, 1.807) is 13.2 Å². The van der Waals surface area contributed by atoms with Crippen LogP contribution in [0.1, 0.15) is 44.7 Å². The zero-order valence-corrected chi connectivity index (χ0v) is 27.8. The van der Waals surface area contributed by atoms with Crippen LogP contribution in [0.15, 0.2) is 55.4 Å². The van der Waals surface area contributed by atoms with Gasteiger partial charge in [-0.05, 0) is 44.9 Å². The third kappa shape index (κ3) is 7.38. The number of benzene rings is 2. The highest BCUT2D eigenvalue weighted by atomic mass is 19.1. The number of aromatic nitrogens is 2. The van der Waals surface area contributed by atoms with Crippen molar-refractivity contribution in [1.29, 1.82) is 0 Å². The number of anilines is 5. The summed E-state index contributed by atoms with van der Waals surface area (Å²) < 4.78 is 34.1. The van der Waals surface area contributed by atoms with Crippen molar-refractivity contribution >= 4 is 34.6 Å². The van der Waals surface area contributed by atoms with Crippen LogP contribution in [0.2, 0.25) is 0 Å². The fourth-order valence-corrected chi connectivity index (χ4v) is 6.90. The molecule has 0 aliphatic carbocycles. The SMILES string of the molecule is C=CC(=O)Nc1cc(Nc2cc(N3OCCC3c3ccc(F)cc3F)ncn2)c(OC)cc1N1CCC(N2CCN(C(C)C)CC2)CC1. The van der Waals surface area contributed by atoms with Crippen LogP contribution >= 0.6 is 0 Å². The number of piperidine rings is 1. The van der Waals surface area contributed by atoms with E-state index in [1.807, 2.05) is 12.1 Å². The van der Waals surface area contributed by atoms with Crippen molar-refractivity contribution in [3.05, 3.63) is 72.6 Å². The fourth-order valence-electron chi connectivity index (χ4n) is 6.90. The second-order valence-electron chi connectivity index (χ2n) is 12.7. The Morgan fingerprint density at radius 1 is 1.02 bits per heavy atom. The highest BCUT2D eigenvalue weighted by molar-refractivity contribution is 6.02. The lowest BCUT2D eigenvalue weighted by Crippen LogP contribution is -2.54. The van der Waals surface area contributed by atoms with E-state index in [9.17, 15) is 13.6 Å². The number of nitrogens with zero attached hydrogens (tertiary/aromatic N) is 6. The van der Waals surface area contributed by atoms with Gasteiger partial charge in [0.25, 0.3) is 0 Å². The molecular weight excluding hydrogens is 618 g/mol. The Hall–Kier alpha value is -4.33. The van der Waals surface area contributed by atoms with E-state index in [-0.39, 0.29) is 5.91 Å². The first-order valence-corrected chi connectivity index (χ1v) is 16.6. The second-order valence-corrected chi connectivity index (χ2v) is 12.7. The van der Waals surface area contributed by atoms with Crippen LogP contribution in [0.4, 0.5) is 37.5 Å². The van der Waals surface area contributed by atoms with E-state index >= 15 is 0 Å². The number of carbonyl (C=O) groups is 1. The summed E-state index contributed by atoms with van der Waals surface area (Å²) in [5.41, 5.74) is 2.39. The number of piperazine rings is 1. The van der Waals surface area contributed by atoms with Crippen molar-refractivity contribution in [3.8, 4) is 5.75 Å². The number of hydrogen-bond donors (Lipinski definition) is 2. The lowest BCUT2D eigenvalue weighted by molar-refractivity contribution is -0.111. The molecule has 3 saturated heterocycles. The summed E-state index contributed by atoms with van der Waals surface area (Å²) in [5.74, 6) is -0.200. The molecule has 3 aromatic rings. The Morgan fingerprint density at radius 3 is 2.48 bits per heavy atom. The molecule has 48 heavy (non-hydrogen) atoms. The molecule has 256 valence electrons. The van der Waals surface area contributed by atoms with Crippen LogP contribution in [-0.2, 0) is 9.63 Å². The maximum absolute atomic E-state index is 14.7. The van der Waals surface area contributed by atoms with Crippen molar-refractivity contribution in [2.45, 2.75) is 51.2 Å². The number of amides is 1. The smallest absolute Gasteiger partial charge is 0.247 e. The molecule has 2 N–H and O–H groups in total. The molecule has 6 rings (SSSR count). The van der Waals surface area contributed by atoms with Crippen LogP contribution in [-0.4, -0.2) is 90.7 Å². The van der Waals surface area contributed by atoms with E-state index in [1.165, 1.54) is 29.6 Å². The van der Waals surface area contributed by atoms with Crippen molar-refractivity contribution in [1.82, 2.24) is 19.8 Å². The van der Waals surface area contributed by atoms with E-state index in [4.69, 9.17) is 9.57 Å². The van der Waals surface area contributed by atoms with Crippen molar-refractivity contribution in [2.75, 3.05) is 73.6 Å². The summed E-state index contributed by atoms with van der Waals surface area (Å²) >= 11 is 0. The Kier molecular flexibility index (Phi) is 10.4. The molecule has 0 radical (unpaired) electrons. The Bertz CT molecular complexity index is 1610. The lowest BCUT2D eigenvalue weighted by Gasteiger charge is -2.44. The van der Waals surface area contributed by atoms with Crippen molar-refractivity contribution in [2.24, 2.45) is 0 Å². The standard InChI is InChI=1S/C35H44F2N8O3/c1-5-35(46)41-28-19-29(32(47-4)20-31(28)44-11-8-25(9-12-44)43-15-13-42(14-16-43)23(2)3)40-33-21-34(39-22-38-33)45-30(10-17-48-45)26-7-6-24(36)18-27(26)37/h5-7,18-23,25,30H,1,8-17H2,2-4H3,(H,41,46)(H,38,39,40). The summed E-state index contributed by atoms with van der Waals surface area (Å²) in [6, 6.07) is 9.60. The summed E-state index contributed by atoms with van der Waals surface area (Å²) in [4.78, 5) is 34.6. The highest BCUT2D eigenvalue weighted by Crippen LogP contribution is 2.41. The zero-order chi connectivity index (χ0) is 33.8. The Balaban J connectivity index is 1.20. The second kappa shape index (κ2) is 14.8. The number of hydroxylamine groups is 1. The van der Waals surface area contributed by atoms with Gasteiger partial charge in [0.15, 0.2) is 5.82 Å². The summed E-state index contributed by atoms with van der Waals surface area (Å²) in [6.07, 6.45) is 5.19. The quantitative estimate of drug-likeness (QED) is 0.271. The highest BCUT2D eigenvalue weighted by Gasteiger charge is 2.32. The van der Waals surface area contributed by atoms with Gasteiger partial charge in [-0.15, -0.1) is 0 Å². The number of rotatable bonds is 10. The normalized spacial score (nSPS) is 19.5. The molecule has 1 unspecified atom stereocenters.